The third-order valence-electron chi connectivity index (χ3n) is 2.77. The number of halogens is 1. The maximum Gasteiger partial charge on any atom is 0.338 e. The summed E-state index contributed by atoms with van der Waals surface area (Å²) >= 11 is 1.13. The molecule has 2 N–H and O–H groups in total. The lowest BCUT2D eigenvalue weighted by atomic mass is 10.2. The normalized spacial score (nSPS) is 10.2. The fraction of sp³-hybridized carbons (Fsp3) is 0.143. The first-order valence-corrected chi connectivity index (χ1v) is 6.92. The summed E-state index contributed by atoms with van der Waals surface area (Å²) in [6, 6.07) is 6.92. The van der Waals surface area contributed by atoms with Crippen LogP contribution in [0, 0.1) is 5.82 Å². The Morgan fingerprint density at radius 1 is 1.38 bits per heavy atom. The number of nitrogens with one attached hydrogen (secondary N) is 1. The van der Waals surface area contributed by atoms with Crippen LogP contribution in [0.3, 0.4) is 0 Å². The summed E-state index contributed by atoms with van der Waals surface area (Å²) in [7, 11) is 1.55. The average Bonchev–Trinajstić information content (AvgIpc) is 2.87. The van der Waals surface area contributed by atoms with E-state index in [0.29, 0.717) is 5.56 Å². The number of urea groups is 1. The van der Waals surface area contributed by atoms with Crippen LogP contribution in [0.5, 0.6) is 0 Å². The van der Waals surface area contributed by atoms with Crippen LogP contribution in [-0.4, -0.2) is 29.1 Å². The van der Waals surface area contributed by atoms with Crippen molar-refractivity contribution in [3.63, 3.8) is 0 Å². The molecule has 0 aliphatic heterocycles. The largest absolute Gasteiger partial charge is 0.478 e. The van der Waals surface area contributed by atoms with Gasteiger partial charge in [-0.15, -0.1) is 11.3 Å². The van der Waals surface area contributed by atoms with Gasteiger partial charge in [0.05, 0.1) is 5.56 Å². The molecule has 1 aromatic carbocycles. The van der Waals surface area contributed by atoms with Crippen LogP contribution in [0.4, 0.5) is 14.2 Å². The van der Waals surface area contributed by atoms with Gasteiger partial charge in [0, 0.05) is 13.6 Å². The predicted octanol–water partition coefficient (Wildman–Crippen LogP) is 3.25. The van der Waals surface area contributed by atoms with Crippen molar-refractivity contribution in [1.82, 2.24) is 4.90 Å². The number of carbonyl (C=O) groups is 2. The summed E-state index contributed by atoms with van der Waals surface area (Å²) in [5.74, 6) is -1.47. The van der Waals surface area contributed by atoms with Crippen molar-refractivity contribution in [1.29, 1.82) is 0 Å². The SMILES string of the molecule is CN(Cc1cccc(F)c1)C(=O)Nc1sccc1C(=O)O. The Bertz CT molecular complexity index is 672. The molecule has 0 unspecified atom stereocenters. The molecule has 0 atom stereocenters. The number of amides is 2. The summed E-state index contributed by atoms with van der Waals surface area (Å²) in [6.45, 7) is 0.220. The highest BCUT2D eigenvalue weighted by molar-refractivity contribution is 7.14. The van der Waals surface area contributed by atoms with Gasteiger partial charge in [0.15, 0.2) is 0 Å². The molecular formula is C14H13FN2O3S. The second-order valence-electron chi connectivity index (χ2n) is 4.38. The molecule has 2 amide bonds. The monoisotopic (exact) mass is 308 g/mol. The Hall–Kier alpha value is -2.41. The Morgan fingerprint density at radius 2 is 2.14 bits per heavy atom. The van der Waals surface area contributed by atoms with Crippen molar-refractivity contribution in [2.24, 2.45) is 0 Å². The zero-order chi connectivity index (χ0) is 15.4. The van der Waals surface area contributed by atoms with Crippen LogP contribution in [0.2, 0.25) is 0 Å². The van der Waals surface area contributed by atoms with Gasteiger partial charge < -0.3 is 10.0 Å². The zero-order valence-electron chi connectivity index (χ0n) is 11.2. The van der Waals surface area contributed by atoms with Gasteiger partial charge in [-0.05, 0) is 29.1 Å². The van der Waals surface area contributed by atoms with Crippen LogP contribution >= 0.6 is 11.3 Å². The number of anilines is 1. The van der Waals surface area contributed by atoms with Crippen molar-refractivity contribution in [2.75, 3.05) is 12.4 Å². The van der Waals surface area contributed by atoms with E-state index in [1.54, 1.807) is 24.6 Å². The quantitative estimate of drug-likeness (QED) is 0.911. The van der Waals surface area contributed by atoms with E-state index in [2.05, 4.69) is 5.32 Å². The van der Waals surface area contributed by atoms with Crippen molar-refractivity contribution in [3.8, 4) is 0 Å². The number of hydrogen-bond donors (Lipinski definition) is 2. The lowest BCUT2D eigenvalue weighted by molar-refractivity contribution is 0.0698. The molecule has 0 aliphatic carbocycles. The van der Waals surface area contributed by atoms with E-state index in [1.807, 2.05) is 0 Å². The Balaban J connectivity index is 2.03. The van der Waals surface area contributed by atoms with Crippen LogP contribution in [-0.2, 0) is 6.54 Å². The van der Waals surface area contributed by atoms with Crippen molar-refractivity contribution < 1.29 is 19.1 Å². The number of thiophene rings is 1. The number of aromatic carboxylic acids is 1. The fourth-order valence-corrected chi connectivity index (χ4v) is 2.52. The van der Waals surface area contributed by atoms with Gasteiger partial charge in [0.2, 0.25) is 0 Å². The van der Waals surface area contributed by atoms with Gasteiger partial charge in [0.1, 0.15) is 10.8 Å². The van der Waals surface area contributed by atoms with Crippen LogP contribution in [0.25, 0.3) is 0 Å². The van der Waals surface area contributed by atoms with Gasteiger partial charge >= 0.3 is 12.0 Å². The Labute approximate surface area is 124 Å². The van der Waals surface area contributed by atoms with E-state index in [1.165, 1.54) is 23.1 Å². The van der Waals surface area contributed by atoms with E-state index in [4.69, 9.17) is 5.11 Å². The number of rotatable bonds is 4. The summed E-state index contributed by atoms with van der Waals surface area (Å²) in [5.41, 5.74) is 0.699. The zero-order valence-corrected chi connectivity index (χ0v) is 12.0. The molecule has 21 heavy (non-hydrogen) atoms. The molecule has 0 fully saturated rings. The number of hydrogen-bond acceptors (Lipinski definition) is 3. The Kier molecular flexibility index (Phi) is 4.54. The second-order valence-corrected chi connectivity index (χ2v) is 5.30. The number of benzene rings is 1. The van der Waals surface area contributed by atoms with Gasteiger partial charge in [-0.25, -0.2) is 14.0 Å². The first-order chi connectivity index (χ1) is 9.97. The average molecular weight is 308 g/mol. The maximum absolute atomic E-state index is 13.1. The topological polar surface area (TPSA) is 69.6 Å². The summed E-state index contributed by atoms with van der Waals surface area (Å²) in [5, 5.41) is 13.4. The van der Waals surface area contributed by atoms with Crippen molar-refractivity contribution >= 4 is 28.3 Å². The lowest BCUT2D eigenvalue weighted by Gasteiger charge is -2.17. The second kappa shape index (κ2) is 6.36. The fourth-order valence-electron chi connectivity index (χ4n) is 1.75. The van der Waals surface area contributed by atoms with Crippen LogP contribution < -0.4 is 5.32 Å². The van der Waals surface area contributed by atoms with Crippen LogP contribution in [0.1, 0.15) is 15.9 Å². The molecule has 1 aromatic heterocycles. The standard InChI is InChI=1S/C14H13FN2O3S/c1-17(8-9-3-2-4-10(15)7-9)14(20)16-12-11(13(18)19)5-6-21-12/h2-7H,8H2,1H3,(H,16,20)(H,18,19). The molecule has 5 nitrogen and oxygen atoms in total. The molecule has 0 spiro atoms. The minimum atomic E-state index is -1.10. The first kappa shape index (κ1) is 15.0. The van der Waals surface area contributed by atoms with Gasteiger partial charge in [-0.3, -0.25) is 5.32 Å². The third kappa shape index (κ3) is 3.79. The molecule has 0 saturated carbocycles. The lowest BCUT2D eigenvalue weighted by Crippen LogP contribution is -2.31. The van der Waals surface area contributed by atoms with E-state index in [-0.39, 0.29) is 22.9 Å². The third-order valence-corrected chi connectivity index (χ3v) is 3.60. The number of carboxylic acid groups (broad SMARTS) is 1. The molecule has 0 saturated heterocycles. The molecule has 1 heterocycles. The van der Waals surface area contributed by atoms with Crippen molar-refractivity contribution in [2.45, 2.75) is 6.54 Å². The molecule has 7 heteroatoms. The van der Waals surface area contributed by atoms with Gasteiger partial charge in [0.25, 0.3) is 0 Å². The molecule has 0 bridgehead atoms. The predicted molar refractivity (Wildman–Crippen MR) is 78.2 cm³/mol. The molecule has 2 rings (SSSR count). The smallest absolute Gasteiger partial charge is 0.338 e. The minimum absolute atomic E-state index is 0.0486. The molecular weight excluding hydrogens is 295 g/mol. The first-order valence-electron chi connectivity index (χ1n) is 6.04. The van der Waals surface area contributed by atoms with Gasteiger partial charge in [-0.1, -0.05) is 12.1 Å². The highest BCUT2D eigenvalue weighted by Crippen LogP contribution is 2.23. The molecule has 0 radical (unpaired) electrons. The highest BCUT2D eigenvalue weighted by Gasteiger charge is 2.16. The summed E-state index contributed by atoms with van der Waals surface area (Å²) in [6.07, 6.45) is 0. The van der Waals surface area contributed by atoms with E-state index < -0.39 is 12.0 Å². The Morgan fingerprint density at radius 3 is 2.81 bits per heavy atom. The van der Waals surface area contributed by atoms with Crippen LogP contribution in [0.15, 0.2) is 35.7 Å². The van der Waals surface area contributed by atoms with E-state index in [0.717, 1.165) is 11.3 Å². The number of carboxylic acids is 1. The highest BCUT2D eigenvalue weighted by atomic mass is 32.1. The molecule has 2 aromatic rings. The molecule has 0 aliphatic rings. The van der Waals surface area contributed by atoms with Crippen molar-refractivity contribution in [3.05, 3.63) is 52.7 Å². The van der Waals surface area contributed by atoms with Gasteiger partial charge in [-0.2, -0.15) is 0 Å². The van der Waals surface area contributed by atoms with E-state index in [9.17, 15) is 14.0 Å². The number of carbonyl (C=O) groups excluding carboxylic acids is 1. The summed E-state index contributed by atoms with van der Waals surface area (Å²) in [4.78, 5) is 24.3. The van der Waals surface area contributed by atoms with E-state index >= 15 is 0 Å². The number of nitrogens with zero attached hydrogens (tertiary/aromatic N) is 1. The summed E-state index contributed by atoms with van der Waals surface area (Å²) < 4.78 is 13.1. The maximum atomic E-state index is 13.1. The minimum Gasteiger partial charge on any atom is -0.478 e. The molecule has 110 valence electrons.